The molecule has 5 nitrogen and oxygen atoms in total. The Bertz CT molecular complexity index is 1120. The van der Waals surface area contributed by atoms with Crippen molar-refractivity contribution >= 4 is 34.8 Å². The van der Waals surface area contributed by atoms with Gasteiger partial charge in [-0.2, -0.15) is 0 Å². The summed E-state index contributed by atoms with van der Waals surface area (Å²) in [6.45, 7) is 1.80. The first kappa shape index (κ1) is 18.9. The van der Waals surface area contributed by atoms with Crippen LogP contribution in [-0.2, 0) is 14.4 Å². The van der Waals surface area contributed by atoms with E-state index in [0.717, 1.165) is 11.3 Å². The average molecular weight is 419 g/mol. The van der Waals surface area contributed by atoms with Crippen LogP contribution < -0.4 is 9.96 Å². The number of anilines is 2. The van der Waals surface area contributed by atoms with Gasteiger partial charge in [0.05, 0.1) is 17.4 Å². The molecule has 0 N–H and O–H groups in total. The van der Waals surface area contributed by atoms with Crippen LogP contribution in [0.15, 0.2) is 78.9 Å². The van der Waals surface area contributed by atoms with E-state index in [1.165, 1.54) is 4.90 Å². The number of amides is 2. The van der Waals surface area contributed by atoms with E-state index >= 15 is 0 Å². The Kier molecular flexibility index (Phi) is 4.57. The third-order valence-electron chi connectivity index (χ3n) is 5.75. The number of hydrogen-bond donors (Lipinski definition) is 0. The second kappa shape index (κ2) is 7.27. The molecule has 0 unspecified atom stereocenters. The van der Waals surface area contributed by atoms with Crippen LogP contribution in [0.25, 0.3) is 0 Å². The summed E-state index contributed by atoms with van der Waals surface area (Å²) in [7, 11) is 0. The lowest BCUT2D eigenvalue weighted by Crippen LogP contribution is -2.37. The summed E-state index contributed by atoms with van der Waals surface area (Å²) in [5.41, 5.74) is 2.91. The van der Waals surface area contributed by atoms with Crippen LogP contribution in [0.5, 0.6) is 0 Å². The number of carbonyl (C=O) groups excluding carboxylic acids is 2. The first-order valence-electron chi connectivity index (χ1n) is 9.77. The molecule has 0 radical (unpaired) electrons. The molecule has 2 fully saturated rings. The highest BCUT2D eigenvalue weighted by Crippen LogP contribution is 2.48. The van der Waals surface area contributed by atoms with Crippen molar-refractivity contribution in [2.24, 2.45) is 5.92 Å². The summed E-state index contributed by atoms with van der Waals surface area (Å²) in [5.74, 6) is -1.30. The zero-order chi connectivity index (χ0) is 20.8. The van der Waals surface area contributed by atoms with Gasteiger partial charge in [0.2, 0.25) is 5.91 Å². The molecule has 0 bridgehead atoms. The van der Waals surface area contributed by atoms with Crippen LogP contribution in [-0.4, -0.2) is 17.9 Å². The van der Waals surface area contributed by atoms with Crippen LogP contribution in [0.3, 0.4) is 0 Å². The molecule has 2 saturated heterocycles. The van der Waals surface area contributed by atoms with Crippen LogP contribution >= 0.6 is 11.6 Å². The Balaban J connectivity index is 1.60. The maximum absolute atomic E-state index is 13.6. The van der Waals surface area contributed by atoms with E-state index < -0.39 is 18.1 Å². The fraction of sp³-hybridized carbons (Fsp3) is 0.167. The molecule has 0 aromatic heterocycles. The Morgan fingerprint density at radius 1 is 0.833 bits per heavy atom. The summed E-state index contributed by atoms with van der Waals surface area (Å²) >= 11 is 6.25. The lowest BCUT2D eigenvalue weighted by atomic mass is 9.90. The van der Waals surface area contributed by atoms with E-state index in [1.54, 1.807) is 30.2 Å². The minimum Gasteiger partial charge on any atom is -0.273 e. The predicted molar refractivity (Wildman–Crippen MR) is 115 cm³/mol. The second-order valence-corrected chi connectivity index (χ2v) is 7.87. The molecule has 0 aliphatic carbocycles. The molecule has 0 saturated carbocycles. The number of imide groups is 1. The van der Waals surface area contributed by atoms with Gasteiger partial charge in [-0.05, 0) is 42.3 Å². The number of nitrogens with zero attached hydrogens (tertiary/aromatic N) is 2. The van der Waals surface area contributed by atoms with Crippen LogP contribution in [0.2, 0.25) is 5.02 Å². The Hall–Kier alpha value is -3.15. The monoisotopic (exact) mass is 418 g/mol. The van der Waals surface area contributed by atoms with Crippen molar-refractivity contribution in [3.8, 4) is 0 Å². The van der Waals surface area contributed by atoms with Gasteiger partial charge in [-0.3, -0.25) is 14.4 Å². The molecule has 5 rings (SSSR count). The maximum Gasteiger partial charge on any atom is 0.266 e. The number of halogens is 1. The molecule has 2 aliphatic rings. The lowest BCUT2D eigenvalue weighted by Gasteiger charge is -2.29. The molecule has 3 aromatic carbocycles. The molecule has 150 valence electrons. The fourth-order valence-electron chi connectivity index (χ4n) is 4.28. The first-order chi connectivity index (χ1) is 14.6. The maximum atomic E-state index is 13.6. The van der Waals surface area contributed by atoms with E-state index in [2.05, 4.69) is 0 Å². The van der Waals surface area contributed by atoms with Crippen molar-refractivity contribution in [3.63, 3.8) is 0 Å². The van der Waals surface area contributed by atoms with E-state index in [9.17, 15) is 9.59 Å². The van der Waals surface area contributed by atoms with Crippen molar-refractivity contribution in [3.05, 3.63) is 95.0 Å². The van der Waals surface area contributed by atoms with Crippen molar-refractivity contribution < 1.29 is 14.4 Å². The second-order valence-electron chi connectivity index (χ2n) is 7.46. The van der Waals surface area contributed by atoms with Gasteiger partial charge >= 0.3 is 0 Å². The molecule has 2 aliphatic heterocycles. The highest BCUT2D eigenvalue weighted by molar-refractivity contribution is 6.32. The minimum absolute atomic E-state index is 0.275. The largest absolute Gasteiger partial charge is 0.273 e. The van der Waals surface area contributed by atoms with Crippen LogP contribution in [0, 0.1) is 12.8 Å². The van der Waals surface area contributed by atoms with Gasteiger partial charge in [0.1, 0.15) is 5.92 Å². The first-order valence-corrected chi connectivity index (χ1v) is 10.1. The molecule has 3 aromatic rings. The average Bonchev–Trinajstić information content (AvgIpc) is 3.28. The Morgan fingerprint density at radius 3 is 2.20 bits per heavy atom. The zero-order valence-electron chi connectivity index (χ0n) is 16.2. The Morgan fingerprint density at radius 2 is 1.50 bits per heavy atom. The number of para-hydroxylation sites is 1. The molecule has 6 heteroatoms. The van der Waals surface area contributed by atoms with Gasteiger partial charge in [0, 0.05) is 5.02 Å². The number of rotatable bonds is 3. The van der Waals surface area contributed by atoms with Gasteiger partial charge in [-0.15, -0.1) is 0 Å². The number of hydrogen-bond acceptors (Lipinski definition) is 4. The summed E-state index contributed by atoms with van der Waals surface area (Å²) < 4.78 is 0. The topological polar surface area (TPSA) is 49.9 Å². The molecule has 30 heavy (non-hydrogen) atoms. The van der Waals surface area contributed by atoms with Crippen molar-refractivity contribution in [2.45, 2.75) is 19.1 Å². The quantitative estimate of drug-likeness (QED) is 0.578. The molecule has 0 spiro atoms. The summed E-state index contributed by atoms with van der Waals surface area (Å²) in [6.07, 6.45) is -0.888. The highest BCUT2D eigenvalue weighted by atomic mass is 35.5. The van der Waals surface area contributed by atoms with Gasteiger partial charge < -0.3 is 0 Å². The number of hydroxylamine groups is 1. The summed E-state index contributed by atoms with van der Waals surface area (Å²) in [5, 5.41) is 2.21. The molecule has 3 atom stereocenters. The van der Waals surface area contributed by atoms with Gasteiger partial charge in [-0.25, -0.2) is 9.96 Å². The van der Waals surface area contributed by atoms with Gasteiger partial charge in [0.25, 0.3) is 5.91 Å². The highest BCUT2D eigenvalue weighted by Gasteiger charge is 2.60. The normalized spacial score (nSPS) is 23.2. The molecular weight excluding hydrogens is 400 g/mol. The van der Waals surface area contributed by atoms with E-state index in [-0.39, 0.29) is 11.8 Å². The van der Waals surface area contributed by atoms with Crippen LogP contribution in [0.4, 0.5) is 11.4 Å². The molecular formula is C24H19ClN2O3. The van der Waals surface area contributed by atoms with E-state index in [4.69, 9.17) is 16.4 Å². The predicted octanol–water partition coefficient (Wildman–Crippen LogP) is 4.70. The molecule has 2 amide bonds. The van der Waals surface area contributed by atoms with Crippen molar-refractivity contribution in [1.29, 1.82) is 0 Å². The smallest absolute Gasteiger partial charge is 0.266 e. The minimum atomic E-state index is -0.888. The third kappa shape index (κ3) is 2.82. The number of carbonyl (C=O) groups is 2. The van der Waals surface area contributed by atoms with Crippen molar-refractivity contribution in [1.82, 2.24) is 0 Å². The number of benzene rings is 3. The zero-order valence-corrected chi connectivity index (χ0v) is 17.0. The summed E-state index contributed by atoms with van der Waals surface area (Å²) in [6, 6.07) is 24.0. The van der Waals surface area contributed by atoms with E-state index in [0.29, 0.717) is 16.3 Å². The lowest BCUT2D eigenvalue weighted by molar-refractivity contribution is -0.126. The standard InChI is InChI=1S/C24H19ClN2O3/c1-15-18(25)13-8-14-19(15)26-23(28)20-21(16-9-4-2-5-10-16)27(30-22(20)24(26)29)17-11-6-3-7-12-17/h2-14,20-22H,1H3/t20-,21-,22-/m1/s1. The SMILES string of the molecule is Cc1c(Cl)cccc1N1C(=O)[C@@H]2[C@@H](c3ccccc3)N(c3ccccc3)O[C@H]2C1=O. The molecule has 2 heterocycles. The fourth-order valence-corrected chi connectivity index (χ4v) is 4.45. The number of fused-ring (bicyclic) bond motifs is 1. The van der Waals surface area contributed by atoms with Crippen molar-refractivity contribution in [2.75, 3.05) is 9.96 Å². The Labute approximate surface area is 179 Å². The van der Waals surface area contributed by atoms with Crippen LogP contribution in [0.1, 0.15) is 17.2 Å². The van der Waals surface area contributed by atoms with Gasteiger partial charge in [-0.1, -0.05) is 66.2 Å². The summed E-state index contributed by atoms with van der Waals surface area (Å²) in [4.78, 5) is 34.3. The van der Waals surface area contributed by atoms with E-state index in [1.807, 2.05) is 60.7 Å². The van der Waals surface area contributed by atoms with Gasteiger partial charge in [0.15, 0.2) is 6.10 Å². The third-order valence-corrected chi connectivity index (χ3v) is 6.16.